The average molecular weight is 421 g/mol. The maximum atomic E-state index is 14.3. The minimum Gasteiger partial charge on any atom is -0.423 e. The molecule has 0 fully saturated rings. The highest BCUT2D eigenvalue weighted by Gasteiger charge is 2.13. The second-order valence-corrected chi connectivity index (χ2v) is 8.51. The maximum absolute atomic E-state index is 14.3. The third-order valence-electron chi connectivity index (χ3n) is 4.85. The molecule has 0 amide bonds. The minimum atomic E-state index is -0.549. The first-order chi connectivity index (χ1) is 14.1. The van der Waals surface area contributed by atoms with Gasteiger partial charge in [0, 0.05) is 18.4 Å². The average Bonchev–Trinajstić information content (AvgIpc) is 3.19. The van der Waals surface area contributed by atoms with Crippen molar-refractivity contribution in [2.45, 2.75) is 90.9 Å². The first-order valence-electron chi connectivity index (χ1n) is 11.0. The smallest absolute Gasteiger partial charge is 0.311 e. The molecule has 0 aliphatic rings. The molecule has 1 heterocycles. The summed E-state index contributed by atoms with van der Waals surface area (Å²) in [7, 11) is 0. The number of esters is 1. The monoisotopic (exact) mass is 420 g/mol. The molecule has 1 aromatic heterocycles. The lowest BCUT2D eigenvalue weighted by Crippen LogP contribution is -2.08. The maximum Gasteiger partial charge on any atom is 0.311 e. The number of benzene rings is 1. The van der Waals surface area contributed by atoms with E-state index in [9.17, 15) is 9.18 Å². The molecule has 0 saturated carbocycles. The molecule has 0 saturated heterocycles. The van der Waals surface area contributed by atoms with Gasteiger partial charge in [-0.3, -0.25) is 4.79 Å². The number of rotatable bonds is 14. The molecule has 0 aliphatic heterocycles. The van der Waals surface area contributed by atoms with Crippen LogP contribution in [0.1, 0.15) is 89.5 Å². The number of carbonyl (C=O) groups is 1. The molecule has 0 spiro atoms. The van der Waals surface area contributed by atoms with Crippen LogP contribution >= 0.6 is 11.3 Å². The normalized spacial score (nSPS) is 11.0. The highest BCUT2D eigenvalue weighted by Crippen LogP contribution is 2.29. The van der Waals surface area contributed by atoms with Crippen molar-refractivity contribution in [3.8, 4) is 16.3 Å². The van der Waals surface area contributed by atoms with Gasteiger partial charge in [0.2, 0.25) is 0 Å². The quantitative estimate of drug-likeness (QED) is 0.185. The lowest BCUT2D eigenvalue weighted by molar-refractivity contribution is -0.134. The summed E-state index contributed by atoms with van der Waals surface area (Å²) in [4.78, 5) is 11.7. The Morgan fingerprint density at radius 3 is 2.34 bits per heavy atom. The fourth-order valence-corrected chi connectivity index (χ4v) is 3.97. The van der Waals surface area contributed by atoms with Crippen molar-refractivity contribution in [1.82, 2.24) is 10.2 Å². The van der Waals surface area contributed by atoms with Crippen molar-refractivity contribution in [2.24, 2.45) is 0 Å². The Hall–Kier alpha value is -1.82. The van der Waals surface area contributed by atoms with Crippen LogP contribution in [0, 0.1) is 5.82 Å². The number of unbranched alkanes of at least 4 members (excludes halogenated alkanes) is 8. The zero-order valence-electron chi connectivity index (χ0n) is 17.7. The topological polar surface area (TPSA) is 52.1 Å². The van der Waals surface area contributed by atoms with Gasteiger partial charge in [-0.15, -0.1) is 10.2 Å². The molecule has 2 rings (SSSR count). The van der Waals surface area contributed by atoms with Gasteiger partial charge < -0.3 is 4.74 Å². The third-order valence-corrected chi connectivity index (χ3v) is 5.88. The zero-order chi connectivity index (χ0) is 20.9. The van der Waals surface area contributed by atoms with Gasteiger partial charge in [0.05, 0.1) is 0 Å². The van der Waals surface area contributed by atoms with Crippen LogP contribution in [0.4, 0.5) is 4.39 Å². The van der Waals surface area contributed by atoms with Gasteiger partial charge >= 0.3 is 5.97 Å². The molecule has 2 aromatic rings. The van der Waals surface area contributed by atoms with Crippen LogP contribution in [0.25, 0.3) is 10.6 Å². The van der Waals surface area contributed by atoms with Crippen LogP contribution in [0.15, 0.2) is 18.2 Å². The van der Waals surface area contributed by atoms with Crippen LogP contribution in [-0.2, 0) is 11.2 Å². The molecule has 0 radical (unpaired) electrons. The number of hydrogen-bond donors (Lipinski definition) is 0. The number of carbonyl (C=O) groups excluding carboxylic acids is 1. The van der Waals surface area contributed by atoms with Gasteiger partial charge in [-0.1, -0.05) is 76.6 Å². The van der Waals surface area contributed by atoms with E-state index in [0.717, 1.165) is 30.7 Å². The van der Waals surface area contributed by atoms with E-state index >= 15 is 0 Å². The SMILES string of the molecule is CCCCCCCCCCc1nnc(-c2ccc(OC(=O)CCCC)c(F)c2)s1. The Morgan fingerprint density at radius 2 is 1.66 bits per heavy atom. The summed E-state index contributed by atoms with van der Waals surface area (Å²) in [6.07, 6.45) is 13.1. The fourth-order valence-electron chi connectivity index (χ4n) is 3.09. The second kappa shape index (κ2) is 13.4. The van der Waals surface area contributed by atoms with Gasteiger partial charge in [0.25, 0.3) is 0 Å². The Kier molecular flexibility index (Phi) is 10.8. The predicted octanol–water partition coefficient (Wildman–Crippen LogP) is 7.12. The summed E-state index contributed by atoms with van der Waals surface area (Å²) < 4.78 is 19.4. The number of ether oxygens (including phenoxy) is 1. The van der Waals surface area contributed by atoms with E-state index in [1.807, 2.05) is 6.92 Å². The van der Waals surface area contributed by atoms with Crippen molar-refractivity contribution in [2.75, 3.05) is 0 Å². The molecule has 0 unspecified atom stereocenters. The van der Waals surface area contributed by atoms with Crippen LogP contribution in [0.5, 0.6) is 5.75 Å². The van der Waals surface area contributed by atoms with Crippen molar-refractivity contribution < 1.29 is 13.9 Å². The first kappa shape index (κ1) is 23.5. The van der Waals surface area contributed by atoms with Crippen molar-refractivity contribution in [3.05, 3.63) is 29.0 Å². The summed E-state index contributed by atoms with van der Waals surface area (Å²) in [6.45, 7) is 4.23. The first-order valence-corrected chi connectivity index (χ1v) is 11.8. The summed E-state index contributed by atoms with van der Waals surface area (Å²) >= 11 is 1.50. The second-order valence-electron chi connectivity index (χ2n) is 7.45. The molecule has 29 heavy (non-hydrogen) atoms. The predicted molar refractivity (Wildman–Crippen MR) is 117 cm³/mol. The van der Waals surface area contributed by atoms with E-state index in [2.05, 4.69) is 17.1 Å². The van der Waals surface area contributed by atoms with E-state index in [0.29, 0.717) is 17.0 Å². The Bertz CT molecular complexity index is 748. The molecule has 0 aliphatic carbocycles. The molecule has 0 atom stereocenters. The van der Waals surface area contributed by atoms with Gasteiger partial charge in [-0.2, -0.15) is 0 Å². The molecule has 1 aromatic carbocycles. The molecule has 4 nitrogen and oxygen atoms in total. The number of halogens is 1. The summed E-state index contributed by atoms with van der Waals surface area (Å²) in [6, 6.07) is 4.59. The Morgan fingerprint density at radius 1 is 0.966 bits per heavy atom. The number of nitrogens with zero attached hydrogens (tertiary/aromatic N) is 2. The largest absolute Gasteiger partial charge is 0.423 e. The van der Waals surface area contributed by atoms with Crippen LogP contribution < -0.4 is 4.74 Å². The Balaban J connectivity index is 1.79. The lowest BCUT2D eigenvalue weighted by Gasteiger charge is -2.06. The minimum absolute atomic E-state index is 0.0291. The van der Waals surface area contributed by atoms with E-state index in [1.165, 1.54) is 68.4 Å². The lowest BCUT2D eigenvalue weighted by atomic mass is 10.1. The number of aromatic nitrogens is 2. The highest BCUT2D eigenvalue weighted by atomic mass is 32.1. The van der Waals surface area contributed by atoms with E-state index in [-0.39, 0.29) is 5.75 Å². The van der Waals surface area contributed by atoms with Gasteiger partial charge in [0.1, 0.15) is 10.0 Å². The molecule has 6 heteroatoms. The van der Waals surface area contributed by atoms with Crippen molar-refractivity contribution >= 4 is 17.3 Å². The number of aryl methyl sites for hydroxylation is 1. The van der Waals surface area contributed by atoms with E-state index in [4.69, 9.17) is 4.74 Å². The van der Waals surface area contributed by atoms with Crippen LogP contribution in [0.2, 0.25) is 0 Å². The van der Waals surface area contributed by atoms with E-state index < -0.39 is 11.8 Å². The molecular formula is C23H33FN2O2S. The standard InChI is InChI=1S/C23H33FN2O2S/c1-3-5-7-8-9-10-11-12-13-21-25-26-23(29-21)18-15-16-20(19(24)17-18)28-22(27)14-6-4-2/h15-17H,3-14H2,1-2H3. The van der Waals surface area contributed by atoms with Gasteiger partial charge in [0.15, 0.2) is 11.6 Å². The van der Waals surface area contributed by atoms with Crippen molar-refractivity contribution in [3.63, 3.8) is 0 Å². The van der Waals surface area contributed by atoms with Gasteiger partial charge in [-0.05, 0) is 31.0 Å². The molecule has 0 N–H and O–H groups in total. The van der Waals surface area contributed by atoms with Crippen molar-refractivity contribution in [1.29, 1.82) is 0 Å². The molecule has 160 valence electrons. The summed E-state index contributed by atoms with van der Waals surface area (Å²) in [5.41, 5.74) is 0.663. The third kappa shape index (κ3) is 8.60. The zero-order valence-corrected chi connectivity index (χ0v) is 18.5. The molecule has 0 bridgehead atoms. The highest BCUT2D eigenvalue weighted by molar-refractivity contribution is 7.14. The Labute approximate surface area is 177 Å². The van der Waals surface area contributed by atoms with Gasteiger partial charge in [-0.25, -0.2) is 4.39 Å². The van der Waals surface area contributed by atoms with Crippen LogP contribution in [0.3, 0.4) is 0 Å². The van der Waals surface area contributed by atoms with E-state index in [1.54, 1.807) is 6.07 Å². The number of hydrogen-bond acceptors (Lipinski definition) is 5. The summed E-state index contributed by atoms with van der Waals surface area (Å²) in [5.74, 6) is -0.979. The molecular weight excluding hydrogens is 387 g/mol. The summed E-state index contributed by atoms with van der Waals surface area (Å²) in [5, 5.41) is 10.1. The fraction of sp³-hybridized carbons (Fsp3) is 0.609. The van der Waals surface area contributed by atoms with Crippen LogP contribution in [-0.4, -0.2) is 16.2 Å².